The molecule has 1 aromatic rings. The highest BCUT2D eigenvalue weighted by atomic mass is 19.1. The van der Waals surface area contributed by atoms with Crippen LogP contribution >= 0.6 is 0 Å². The number of hydrogen-bond acceptors (Lipinski definition) is 4. The molecule has 0 aliphatic carbocycles. The second kappa shape index (κ2) is 7.17. The fraction of sp³-hybridized carbons (Fsp3) is 0.529. The van der Waals surface area contributed by atoms with E-state index in [0.29, 0.717) is 25.1 Å². The summed E-state index contributed by atoms with van der Waals surface area (Å²) >= 11 is 0. The first-order valence-corrected chi connectivity index (χ1v) is 8.11. The Kier molecular flexibility index (Phi) is 4.99. The molecule has 1 N–H and O–H groups in total. The summed E-state index contributed by atoms with van der Waals surface area (Å²) in [6, 6.07) is 4.60. The van der Waals surface area contributed by atoms with Crippen LogP contribution in [0.4, 0.5) is 4.39 Å². The molecular weight excluding hydrogens is 317 g/mol. The van der Waals surface area contributed by atoms with Crippen LogP contribution < -0.4 is 4.74 Å². The van der Waals surface area contributed by atoms with Crippen LogP contribution in [0.2, 0.25) is 0 Å². The van der Waals surface area contributed by atoms with E-state index in [1.165, 1.54) is 11.0 Å². The summed E-state index contributed by atoms with van der Waals surface area (Å²) in [7, 11) is 0. The van der Waals surface area contributed by atoms with Gasteiger partial charge in [-0.3, -0.25) is 9.59 Å². The zero-order valence-electron chi connectivity index (χ0n) is 13.2. The summed E-state index contributed by atoms with van der Waals surface area (Å²) in [5.74, 6) is -1.66. The van der Waals surface area contributed by atoms with Gasteiger partial charge in [0, 0.05) is 31.7 Å². The molecule has 1 saturated heterocycles. The Labute approximate surface area is 139 Å². The van der Waals surface area contributed by atoms with Crippen molar-refractivity contribution in [3.63, 3.8) is 0 Å². The summed E-state index contributed by atoms with van der Waals surface area (Å²) in [4.78, 5) is 25.1. The maximum absolute atomic E-state index is 13.8. The minimum Gasteiger partial charge on any atom is -0.481 e. The summed E-state index contributed by atoms with van der Waals surface area (Å²) in [6.45, 7) is 1.08. The first-order valence-electron chi connectivity index (χ1n) is 8.11. The van der Waals surface area contributed by atoms with Gasteiger partial charge in [0.15, 0.2) is 17.7 Å². The number of carbonyl (C=O) groups excluding carboxylic acids is 1. The fourth-order valence-corrected chi connectivity index (χ4v) is 3.13. The average molecular weight is 337 g/mol. The second-order valence-corrected chi connectivity index (χ2v) is 6.10. The van der Waals surface area contributed by atoms with Gasteiger partial charge in [-0.05, 0) is 18.9 Å². The predicted octanol–water partition coefficient (Wildman–Crippen LogP) is 1.61. The number of aliphatic carboxylic acids is 1. The van der Waals surface area contributed by atoms with E-state index in [1.807, 2.05) is 0 Å². The number of carboxylic acid groups (broad SMARTS) is 1. The van der Waals surface area contributed by atoms with E-state index in [2.05, 4.69) is 0 Å². The SMILES string of the molecule is O=C(O)CCN(CC1CCCO1)C(=O)C1Cc2cccc(F)c2O1. The van der Waals surface area contributed by atoms with Gasteiger partial charge in [-0.25, -0.2) is 4.39 Å². The number of halogens is 1. The molecule has 0 aromatic heterocycles. The number of para-hydroxylation sites is 1. The zero-order chi connectivity index (χ0) is 17.1. The van der Waals surface area contributed by atoms with E-state index < -0.39 is 17.9 Å². The van der Waals surface area contributed by atoms with Crippen molar-refractivity contribution in [3.8, 4) is 5.75 Å². The monoisotopic (exact) mass is 337 g/mol. The van der Waals surface area contributed by atoms with Crippen molar-refractivity contribution in [1.29, 1.82) is 0 Å². The minimum absolute atomic E-state index is 0.0803. The van der Waals surface area contributed by atoms with E-state index >= 15 is 0 Å². The highest BCUT2D eigenvalue weighted by Crippen LogP contribution is 2.32. The van der Waals surface area contributed by atoms with Gasteiger partial charge >= 0.3 is 5.97 Å². The molecular formula is C17H20FNO5. The standard InChI is InChI=1S/C17H20FNO5/c18-13-5-1-3-11-9-14(24-16(11)13)17(22)19(7-6-15(20)21)10-12-4-2-8-23-12/h1,3,5,12,14H,2,4,6-10H2,(H,20,21). The van der Waals surface area contributed by atoms with Gasteiger partial charge in [0.25, 0.3) is 5.91 Å². The van der Waals surface area contributed by atoms with Crippen LogP contribution in [0.25, 0.3) is 0 Å². The lowest BCUT2D eigenvalue weighted by atomic mass is 10.1. The van der Waals surface area contributed by atoms with Gasteiger partial charge in [0.1, 0.15) is 0 Å². The number of carbonyl (C=O) groups is 2. The van der Waals surface area contributed by atoms with Crippen molar-refractivity contribution in [2.24, 2.45) is 0 Å². The Hall–Kier alpha value is -2.15. The summed E-state index contributed by atoms with van der Waals surface area (Å²) in [5.41, 5.74) is 0.656. The van der Waals surface area contributed by atoms with Crippen LogP contribution in [0.5, 0.6) is 5.75 Å². The van der Waals surface area contributed by atoms with Crippen LogP contribution in [0.3, 0.4) is 0 Å². The fourth-order valence-electron chi connectivity index (χ4n) is 3.13. The average Bonchev–Trinajstić information content (AvgIpc) is 3.20. The molecule has 1 fully saturated rings. The Morgan fingerprint density at radius 2 is 2.21 bits per heavy atom. The van der Waals surface area contributed by atoms with E-state index in [9.17, 15) is 14.0 Å². The molecule has 1 aromatic carbocycles. The van der Waals surface area contributed by atoms with Crippen LogP contribution in [0, 0.1) is 5.82 Å². The molecule has 0 bridgehead atoms. The lowest BCUT2D eigenvalue weighted by molar-refractivity contribution is -0.142. The van der Waals surface area contributed by atoms with Crippen LogP contribution in [0.1, 0.15) is 24.8 Å². The van der Waals surface area contributed by atoms with Crippen molar-refractivity contribution in [3.05, 3.63) is 29.6 Å². The first-order chi connectivity index (χ1) is 11.5. The molecule has 2 aliphatic heterocycles. The smallest absolute Gasteiger partial charge is 0.305 e. The molecule has 2 atom stereocenters. The first kappa shape index (κ1) is 16.7. The Balaban J connectivity index is 1.68. The third kappa shape index (κ3) is 3.67. The molecule has 6 nitrogen and oxygen atoms in total. The van der Waals surface area contributed by atoms with Crippen molar-refractivity contribution < 1.29 is 28.6 Å². The Morgan fingerprint density at radius 3 is 2.88 bits per heavy atom. The Bertz CT molecular complexity index is 629. The maximum atomic E-state index is 13.8. The largest absolute Gasteiger partial charge is 0.481 e. The molecule has 0 radical (unpaired) electrons. The molecule has 3 rings (SSSR count). The maximum Gasteiger partial charge on any atom is 0.305 e. The molecule has 24 heavy (non-hydrogen) atoms. The van der Waals surface area contributed by atoms with Gasteiger partial charge in [-0.1, -0.05) is 12.1 Å². The highest BCUT2D eigenvalue weighted by molar-refractivity contribution is 5.83. The van der Waals surface area contributed by atoms with Gasteiger partial charge < -0.3 is 19.5 Å². The molecule has 1 amide bonds. The normalized spacial score (nSPS) is 22.0. The molecule has 0 saturated carbocycles. The zero-order valence-corrected chi connectivity index (χ0v) is 13.2. The molecule has 2 aliphatic rings. The lowest BCUT2D eigenvalue weighted by Crippen LogP contribution is -2.45. The van der Waals surface area contributed by atoms with Crippen LogP contribution in [-0.2, 0) is 20.7 Å². The number of hydrogen-bond donors (Lipinski definition) is 1. The molecule has 2 heterocycles. The number of carboxylic acids is 1. The van der Waals surface area contributed by atoms with Gasteiger partial charge in [-0.15, -0.1) is 0 Å². The minimum atomic E-state index is -0.971. The van der Waals surface area contributed by atoms with Gasteiger partial charge in [-0.2, -0.15) is 0 Å². The van der Waals surface area contributed by atoms with Crippen LogP contribution in [-0.4, -0.2) is 53.8 Å². The van der Waals surface area contributed by atoms with Crippen molar-refractivity contribution in [2.45, 2.75) is 37.9 Å². The van der Waals surface area contributed by atoms with Crippen LogP contribution in [0.15, 0.2) is 18.2 Å². The summed E-state index contributed by atoms with van der Waals surface area (Å²) < 4.78 is 24.8. The number of fused-ring (bicyclic) bond motifs is 1. The molecule has 130 valence electrons. The number of benzene rings is 1. The van der Waals surface area contributed by atoms with E-state index in [1.54, 1.807) is 12.1 Å². The number of rotatable bonds is 6. The highest BCUT2D eigenvalue weighted by Gasteiger charge is 2.35. The van der Waals surface area contributed by atoms with E-state index in [4.69, 9.17) is 14.6 Å². The third-order valence-corrected chi connectivity index (χ3v) is 4.34. The van der Waals surface area contributed by atoms with Gasteiger partial charge in [0.05, 0.1) is 12.5 Å². The topological polar surface area (TPSA) is 76.1 Å². The third-order valence-electron chi connectivity index (χ3n) is 4.34. The summed E-state index contributed by atoms with van der Waals surface area (Å²) in [5, 5.41) is 8.90. The van der Waals surface area contributed by atoms with Crippen molar-refractivity contribution in [2.75, 3.05) is 19.7 Å². The molecule has 7 heteroatoms. The lowest BCUT2D eigenvalue weighted by Gasteiger charge is -2.27. The van der Waals surface area contributed by atoms with E-state index in [0.717, 1.165) is 12.8 Å². The Morgan fingerprint density at radius 1 is 1.38 bits per heavy atom. The molecule has 0 spiro atoms. The van der Waals surface area contributed by atoms with E-state index in [-0.39, 0.29) is 30.7 Å². The van der Waals surface area contributed by atoms with Crippen molar-refractivity contribution in [1.82, 2.24) is 4.90 Å². The number of nitrogens with zero attached hydrogens (tertiary/aromatic N) is 1. The number of ether oxygens (including phenoxy) is 2. The van der Waals surface area contributed by atoms with Gasteiger partial charge in [0.2, 0.25) is 0 Å². The predicted molar refractivity (Wildman–Crippen MR) is 82.3 cm³/mol. The second-order valence-electron chi connectivity index (χ2n) is 6.10. The number of amides is 1. The quantitative estimate of drug-likeness (QED) is 0.853. The summed E-state index contributed by atoms with van der Waals surface area (Å²) in [6.07, 6.45) is 1.03. The molecule has 2 unspecified atom stereocenters. The van der Waals surface area contributed by atoms with Crippen molar-refractivity contribution >= 4 is 11.9 Å².